The Hall–Kier alpha value is -1.86. The third-order valence-electron chi connectivity index (χ3n) is 4.96. The number of benzene rings is 1. The van der Waals surface area contributed by atoms with Crippen LogP contribution in [-0.4, -0.2) is 42.5 Å². The van der Waals surface area contributed by atoms with Gasteiger partial charge in [-0.05, 0) is 51.3 Å². The Morgan fingerprint density at radius 2 is 2.04 bits per heavy atom. The number of nitro groups is 1. The van der Waals surface area contributed by atoms with Gasteiger partial charge in [0.05, 0.1) is 4.92 Å². The molecule has 2 aliphatic rings. The molecule has 2 N–H and O–H groups in total. The van der Waals surface area contributed by atoms with E-state index in [2.05, 4.69) is 10.6 Å². The summed E-state index contributed by atoms with van der Waals surface area (Å²) in [7, 11) is 0. The van der Waals surface area contributed by atoms with Gasteiger partial charge in [0.15, 0.2) is 0 Å². The number of halogens is 1. The highest BCUT2D eigenvalue weighted by Gasteiger charge is 2.26. The second kappa shape index (κ2) is 8.49. The highest BCUT2D eigenvalue weighted by Crippen LogP contribution is 2.31. The van der Waals surface area contributed by atoms with Gasteiger partial charge >= 0.3 is 0 Å². The largest absolute Gasteiger partial charge is 0.366 e. The van der Waals surface area contributed by atoms with Gasteiger partial charge in [-0.3, -0.25) is 14.9 Å². The fourth-order valence-corrected chi connectivity index (χ4v) is 3.53. The van der Waals surface area contributed by atoms with E-state index in [-0.39, 0.29) is 36.1 Å². The highest BCUT2D eigenvalue weighted by molar-refractivity contribution is 5.96. The monoisotopic (exact) mass is 368 g/mol. The van der Waals surface area contributed by atoms with Gasteiger partial charge in [0.25, 0.3) is 11.6 Å². The van der Waals surface area contributed by atoms with E-state index < -0.39 is 4.92 Å². The van der Waals surface area contributed by atoms with Crippen LogP contribution in [0.5, 0.6) is 0 Å². The molecule has 2 aliphatic heterocycles. The van der Waals surface area contributed by atoms with Crippen LogP contribution in [0.15, 0.2) is 18.2 Å². The van der Waals surface area contributed by atoms with E-state index in [1.807, 2.05) is 11.8 Å². The number of nitrogens with one attached hydrogen (secondary N) is 2. The number of carbonyl (C=O) groups excluding carboxylic acids is 1. The minimum Gasteiger partial charge on any atom is -0.366 e. The van der Waals surface area contributed by atoms with E-state index in [4.69, 9.17) is 0 Å². The Labute approximate surface area is 153 Å². The van der Waals surface area contributed by atoms with Crippen LogP contribution in [0, 0.1) is 10.1 Å². The molecule has 0 radical (unpaired) electrons. The van der Waals surface area contributed by atoms with Crippen LogP contribution in [0.4, 0.5) is 11.4 Å². The fourth-order valence-electron chi connectivity index (χ4n) is 3.53. The first-order chi connectivity index (χ1) is 11.6. The maximum Gasteiger partial charge on any atom is 0.293 e. The van der Waals surface area contributed by atoms with Gasteiger partial charge < -0.3 is 15.5 Å². The van der Waals surface area contributed by atoms with Crippen molar-refractivity contribution < 1.29 is 9.72 Å². The van der Waals surface area contributed by atoms with Gasteiger partial charge in [0.2, 0.25) is 0 Å². The summed E-state index contributed by atoms with van der Waals surface area (Å²) in [4.78, 5) is 25.6. The van der Waals surface area contributed by atoms with Crippen molar-refractivity contribution in [2.24, 2.45) is 0 Å². The quantitative estimate of drug-likeness (QED) is 0.629. The van der Waals surface area contributed by atoms with Crippen LogP contribution < -0.4 is 15.5 Å². The fraction of sp³-hybridized carbons (Fsp3) is 0.588. The van der Waals surface area contributed by atoms with Crippen molar-refractivity contribution in [2.45, 2.75) is 44.7 Å². The van der Waals surface area contributed by atoms with Gasteiger partial charge in [-0.2, -0.15) is 0 Å². The van der Waals surface area contributed by atoms with E-state index in [1.54, 1.807) is 12.1 Å². The molecule has 8 heteroatoms. The summed E-state index contributed by atoms with van der Waals surface area (Å²) < 4.78 is 0. The summed E-state index contributed by atoms with van der Waals surface area (Å²) >= 11 is 0. The highest BCUT2D eigenvalue weighted by atomic mass is 35.5. The first-order valence-electron chi connectivity index (χ1n) is 8.64. The number of nitro benzene ring substituents is 1. The zero-order valence-corrected chi connectivity index (χ0v) is 15.2. The predicted octanol–water partition coefficient (Wildman–Crippen LogP) is 2.49. The number of nitrogens with zero attached hydrogens (tertiary/aromatic N) is 2. The molecule has 7 nitrogen and oxygen atoms in total. The number of piperidine rings is 1. The van der Waals surface area contributed by atoms with Crippen molar-refractivity contribution >= 4 is 29.7 Å². The van der Waals surface area contributed by atoms with Crippen molar-refractivity contribution in [1.29, 1.82) is 0 Å². The first-order valence-corrected chi connectivity index (χ1v) is 8.64. The molecule has 1 amide bonds. The van der Waals surface area contributed by atoms with Gasteiger partial charge in [-0.25, -0.2) is 0 Å². The Morgan fingerprint density at radius 1 is 1.32 bits per heavy atom. The van der Waals surface area contributed by atoms with Crippen LogP contribution in [0.25, 0.3) is 0 Å². The Morgan fingerprint density at radius 3 is 2.68 bits per heavy atom. The minimum atomic E-state index is -0.394. The Kier molecular flexibility index (Phi) is 6.61. The summed E-state index contributed by atoms with van der Waals surface area (Å²) in [5.41, 5.74) is 0.975. The van der Waals surface area contributed by atoms with Crippen LogP contribution in [0.2, 0.25) is 0 Å². The lowest BCUT2D eigenvalue weighted by atomic mass is 9.99. The predicted molar refractivity (Wildman–Crippen MR) is 99.7 cm³/mol. The van der Waals surface area contributed by atoms with E-state index in [0.717, 1.165) is 45.3 Å². The molecule has 0 aromatic heterocycles. The van der Waals surface area contributed by atoms with Crippen molar-refractivity contribution in [3.8, 4) is 0 Å². The number of carbonyl (C=O) groups is 1. The van der Waals surface area contributed by atoms with Crippen LogP contribution in [0.3, 0.4) is 0 Å². The average Bonchev–Trinajstić information content (AvgIpc) is 3.10. The lowest BCUT2D eigenvalue weighted by molar-refractivity contribution is -0.384. The second-order valence-corrected chi connectivity index (χ2v) is 6.62. The molecule has 2 fully saturated rings. The zero-order valence-electron chi connectivity index (χ0n) is 14.4. The molecule has 138 valence electrons. The average molecular weight is 369 g/mol. The van der Waals surface area contributed by atoms with Crippen LogP contribution >= 0.6 is 12.4 Å². The molecule has 0 spiro atoms. The van der Waals surface area contributed by atoms with E-state index in [1.165, 1.54) is 6.07 Å². The Balaban J connectivity index is 0.00000225. The summed E-state index contributed by atoms with van der Waals surface area (Å²) in [5, 5.41) is 17.8. The number of amides is 1. The molecular formula is C17H25ClN4O3. The van der Waals surface area contributed by atoms with Gasteiger partial charge in [-0.1, -0.05) is 0 Å². The van der Waals surface area contributed by atoms with Crippen molar-refractivity contribution in [2.75, 3.05) is 24.5 Å². The van der Waals surface area contributed by atoms with Gasteiger partial charge in [-0.15, -0.1) is 12.4 Å². The number of hydrogen-bond acceptors (Lipinski definition) is 5. The van der Waals surface area contributed by atoms with Crippen molar-refractivity contribution in [1.82, 2.24) is 10.6 Å². The molecule has 2 saturated heterocycles. The SMILES string of the molecule is CC1NCCCC1NC(=O)c1ccc(N2CCCC2)c([N+](=O)[O-])c1.Cl. The molecule has 1 aromatic rings. The van der Waals surface area contributed by atoms with Gasteiger partial charge in [0.1, 0.15) is 5.69 Å². The number of hydrogen-bond donors (Lipinski definition) is 2. The molecule has 2 unspecified atom stereocenters. The molecule has 0 bridgehead atoms. The molecule has 2 heterocycles. The summed E-state index contributed by atoms with van der Waals surface area (Å²) in [6.45, 7) is 4.67. The topological polar surface area (TPSA) is 87.5 Å². The summed E-state index contributed by atoms with van der Waals surface area (Å²) in [5.74, 6) is -0.244. The van der Waals surface area contributed by atoms with Crippen molar-refractivity contribution in [3.63, 3.8) is 0 Å². The molecule has 0 saturated carbocycles. The Bertz CT molecular complexity index is 634. The number of rotatable bonds is 4. The van der Waals surface area contributed by atoms with Gasteiger partial charge in [0, 0.05) is 36.8 Å². The normalized spacial score (nSPS) is 23.0. The maximum absolute atomic E-state index is 12.5. The third-order valence-corrected chi connectivity index (χ3v) is 4.96. The van der Waals surface area contributed by atoms with E-state index >= 15 is 0 Å². The molecular weight excluding hydrogens is 344 g/mol. The van der Waals surface area contributed by atoms with Crippen LogP contribution in [-0.2, 0) is 0 Å². The van der Waals surface area contributed by atoms with E-state index in [9.17, 15) is 14.9 Å². The number of anilines is 1. The lowest BCUT2D eigenvalue weighted by Gasteiger charge is -2.30. The lowest BCUT2D eigenvalue weighted by Crippen LogP contribution is -2.51. The zero-order chi connectivity index (χ0) is 17.1. The first kappa shape index (κ1) is 19.5. The maximum atomic E-state index is 12.5. The summed E-state index contributed by atoms with van der Waals surface area (Å²) in [6.07, 6.45) is 4.04. The molecule has 25 heavy (non-hydrogen) atoms. The smallest absolute Gasteiger partial charge is 0.293 e. The van der Waals surface area contributed by atoms with Crippen LogP contribution in [0.1, 0.15) is 43.0 Å². The third kappa shape index (κ3) is 4.41. The second-order valence-electron chi connectivity index (χ2n) is 6.62. The minimum absolute atomic E-state index is 0. The molecule has 2 atom stereocenters. The molecule has 0 aliphatic carbocycles. The van der Waals surface area contributed by atoms with Crippen molar-refractivity contribution in [3.05, 3.63) is 33.9 Å². The van der Waals surface area contributed by atoms with E-state index in [0.29, 0.717) is 11.3 Å². The molecule has 1 aromatic carbocycles. The standard InChI is InChI=1S/C17H24N4O3.ClH/c1-12-14(5-4-8-18-12)19-17(22)13-6-7-15(16(11-13)21(23)24)20-9-2-3-10-20;/h6-7,11-12,14,18H,2-5,8-10H2,1H3,(H,19,22);1H. The molecule has 3 rings (SSSR count). The summed E-state index contributed by atoms with van der Waals surface area (Å²) in [6, 6.07) is 5.08.